The Balaban J connectivity index is 2.77. The second-order valence-electron chi connectivity index (χ2n) is 4.57. The van der Waals surface area contributed by atoms with E-state index >= 15 is 0 Å². The van der Waals surface area contributed by atoms with Gasteiger partial charge in [0.2, 0.25) is 10.0 Å². The maximum Gasteiger partial charge on any atom is 0.240 e. The van der Waals surface area contributed by atoms with Crippen molar-refractivity contribution in [2.45, 2.75) is 37.7 Å². The minimum atomic E-state index is -3.64. The van der Waals surface area contributed by atoms with E-state index in [2.05, 4.69) is 20.7 Å². The molecule has 1 rings (SSSR count). The molecule has 0 saturated carbocycles. The van der Waals surface area contributed by atoms with E-state index in [1.807, 2.05) is 13.8 Å². The molecule has 20 heavy (non-hydrogen) atoms. The van der Waals surface area contributed by atoms with Crippen LogP contribution in [0.5, 0.6) is 0 Å². The van der Waals surface area contributed by atoms with Crippen LogP contribution in [0, 0.1) is 5.92 Å². The first-order valence-electron chi connectivity index (χ1n) is 6.44. The van der Waals surface area contributed by atoms with Gasteiger partial charge >= 0.3 is 0 Å². The second-order valence-corrected chi connectivity index (χ2v) is 7.60. The first-order valence-corrected chi connectivity index (χ1v) is 9.10. The normalized spacial score (nSPS) is 13.7. The summed E-state index contributed by atoms with van der Waals surface area (Å²) in [6.45, 7) is 3.96. The standard InChI is InChI=1S/C13H19BrClNO3S/c1-3-9(4-2)13(17)8-16-20(18,19)10-5-6-12(15)11(14)7-10/h5-7,9,13,16-17H,3-4,8H2,1-2H3. The minimum Gasteiger partial charge on any atom is -0.391 e. The van der Waals surface area contributed by atoms with E-state index in [1.165, 1.54) is 18.2 Å². The smallest absolute Gasteiger partial charge is 0.240 e. The van der Waals surface area contributed by atoms with E-state index in [4.69, 9.17) is 11.6 Å². The van der Waals surface area contributed by atoms with Gasteiger partial charge in [-0.15, -0.1) is 0 Å². The van der Waals surface area contributed by atoms with Gasteiger partial charge in [-0.2, -0.15) is 0 Å². The van der Waals surface area contributed by atoms with Crippen LogP contribution in [-0.4, -0.2) is 26.2 Å². The Morgan fingerprint density at radius 1 is 1.35 bits per heavy atom. The summed E-state index contributed by atoms with van der Waals surface area (Å²) < 4.78 is 27.2. The molecule has 7 heteroatoms. The lowest BCUT2D eigenvalue weighted by molar-refractivity contribution is 0.107. The quantitative estimate of drug-likeness (QED) is 0.759. The van der Waals surface area contributed by atoms with Crippen LogP contribution in [0.4, 0.5) is 0 Å². The molecule has 0 aliphatic heterocycles. The van der Waals surface area contributed by atoms with Crippen molar-refractivity contribution >= 4 is 37.6 Å². The van der Waals surface area contributed by atoms with Crippen molar-refractivity contribution in [3.8, 4) is 0 Å². The molecule has 0 aliphatic carbocycles. The van der Waals surface area contributed by atoms with Gasteiger partial charge in [-0.1, -0.05) is 38.3 Å². The van der Waals surface area contributed by atoms with Crippen molar-refractivity contribution in [1.82, 2.24) is 4.72 Å². The highest BCUT2D eigenvalue weighted by atomic mass is 79.9. The number of aliphatic hydroxyl groups excluding tert-OH is 1. The zero-order valence-electron chi connectivity index (χ0n) is 11.4. The highest BCUT2D eigenvalue weighted by Gasteiger charge is 2.20. The van der Waals surface area contributed by atoms with Gasteiger partial charge in [0.1, 0.15) is 0 Å². The Kier molecular flexibility index (Phi) is 6.94. The lowest BCUT2D eigenvalue weighted by atomic mass is 9.97. The van der Waals surface area contributed by atoms with Crippen LogP contribution in [0.3, 0.4) is 0 Å². The Hall–Kier alpha value is -0.140. The van der Waals surface area contributed by atoms with Crippen LogP contribution in [0.2, 0.25) is 5.02 Å². The van der Waals surface area contributed by atoms with Gasteiger partial charge in [0, 0.05) is 11.0 Å². The molecule has 1 unspecified atom stereocenters. The molecule has 1 atom stereocenters. The maximum absolute atomic E-state index is 12.1. The van der Waals surface area contributed by atoms with Gasteiger partial charge in [-0.3, -0.25) is 0 Å². The number of rotatable bonds is 7. The first kappa shape index (κ1) is 17.9. The molecule has 0 bridgehead atoms. The molecule has 4 nitrogen and oxygen atoms in total. The van der Waals surface area contributed by atoms with Crippen LogP contribution in [0.1, 0.15) is 26.7 Å². The number of hydrogen-bond donors (Lipinski definition) is 2. The highest BCUT2D eigenvalue weighted by Crippen LogP contribution is 2.25. The molecule has 0 radical (unpaired) electrons. The van der Waals surface area contributed by atoms with E-state index in [9.17, 15) is 13.5 Å². The van der Waals surface area contributed by atoms with Gasteiger partial charge in [0.15, 0.2) is 0 Å². The average molecular weight is 385 g/mol. The van der Waals surface area contributed by atoms with Crippen LogP contribution >= 0.6 is 27.5 Å². The highest BCUT2D eigenvalue weighted by molar-refractivity contribution is 9.10. The van der Waals surface area contributed by atoms with Gasteiger partial charge in [-0.05, 0) is 40.0 Å². The third-order valence-corrected chi connectivity index (χ3v) is 5.91. The van der Waals surface area contributed by atoms with Crippen LogP contribution < -0.4 is 4.72 Å². The summed E-state index contributed by atoms with van der Waals surface area (Å²) in [5, 5.41) is 10.4. The topological polar surface area (TPSA) is 66.4 Å². The minimum absolute atomic E-state index is 0.00885. The zero-order chi connectivity index (χ0) is 15.3. The molecule has 0 spiro atoms. The molecule has 0 amide bonds. The second kappa shape index (κ2) is 7.75. The fraction of sp³-hybridized carbons (Fsp3) is 0.538. The monoisotopic (exact) mass is 383 g/mol. The van der Waals surface area contributed by atoms with Crippen molar-refractivity contribution in [3.63, 3.8) is 0 Å². The first-order chi connectivity index (χ1) is 9.31. The summed E-state index contributed by atoms with van der Waals surface area (Å²) in [6.07, 6.45) is 0.938. The lowest BCUT2D eigenvalue weighted by Gasteiger charge is -2.20. The average Bonchev–Trinajstić information content (AvgIpc) is 2.41. The van der Waals surface area contributed by atoms with E-state index in [0.717, 1.165) is 12.8 Å². The number of hydrogen-bond acceptors (Lipinski definition) is 3. The van der Waals surface area contributed by atoms with Crippen LogP contribution in [0.15, 0.2) is 27.6 Å². The van der Waals surface area contributed by atoms with E-state index < -0.39 is 16.1 Å². The van der Waals surface area contributed by atoms with E-state index in [1.54, 1.807) is 0 Å². The Morgan fingerprint density at radius 2 is 1.95 bits per heavy atom. The third kappa shape index (κ3) is 4.70. The number of benzene rings is 1. The van der Waals surface area contributed by atoms with Crippen LogP contribution in [-0.2, 0) is 10.0 Å². The maximum atomic E-state index is 12.1. The molecule has 2 N–H and O–H groups in total. The number of sulfonamides is 1. The summed E-state index contributed by atoms with van der Waals surface area (Å²) >= 11 is 9.03. The number of nitrogens with one attached hydrogen (secondary N) is 1. The fourth-order valence-corrected chi connectivity index (χ4v) is 3.65. The summed E-state index contributed by atoms with van der Waals surface area (Å²) in [4.78, 5) is 0.116. The Morgan fingerprint density at radius 3 is 2.45 bits per heavy atom. The molecule has 1 aromatic carbocycles. The molecule has 0 fully saturated rings. The molecular formula is C13H19BrClNO3S. The van der Waals surface area contributed by atoms with Crippen molar-refractivity contribution in [2.75, 3.05) is 6.54 Å². The SMILES string of the molecule is CCC(CC)C(O)CNS(=O)(=O)c1ccc(Cl)c(Br)c1. The number of aliphatic hydroxyl groups is 1. The van der Waals surface area contributed by atoms with Gasteiger partial charge < -0.3 is 5.11 Å². The predicted octanol–water partition coefficient (Wildman–Crippen LogP) is 3.18. The molecule has 0 saturated heterocycles. The summed E-state index contributed by atoms with van der Waals surface area (Å²) in [6, 6.07) is 4.38. The number of halogens is 2. The third-order valence-electron chi connectivity index (χ3n) is 3.28. The largest absolute Gasteiger partial charge is 0.391 e. The van der Waals surface area contributed by atoms with E-state index in [0.29, 0.717) is 9.50 Å². The van der Waals surface area contributed by atoms with Gasteiger partial charge in [-0.25, -0.2) is 13.1 Å². The van der Waals surface area contributed by atoms with E-state index in [-0.39, 0.29) is 17.4 Å². The summed E-state index contributed by atoms with van der Waals surface area (Å²) in [5.41, 5.74) is 0. The Bertz CT molecular complexity index is 547. The summed E-state index contributed by atoms with van der Waals surface area (Å²) in [7, 11) is -3.64. The molecule has 0 aromatic heterocycles. The molecule has 0 aliphatic rings. The molecule has 1 aromatic rings. The fourth-order valence-electron chi connectivity index (χ4n) is 1.92. The molecular weight excluding hydrogens is 366 g/mol. The van der Waals surface area contributed by atoms with Crippen molar-refractivity contribution in [1.29, 1.82) is 0 Å². The van der Waals surface area contributed by atoms with Crippen molar-refractivity contribution in [2.24, 2.45) is 5.92 Å². The van der Waals surface area contributed by atoms with Gasteiger partial charge in [0.05, 0.1) is 16.0 Å². The van der Waals surface area contributed by atoms with Gasteiger partial charge in [0.25, 0.3) is 0 Å². The Labute approximate surface area is 133 Å². The molecule has 0 heterocycles. The van der Waals surface area contributed by atoms with Crippen LogP contribution in [0.25, 0.3) is 0 Å². The van der Waals surface area contributed by atoms with Crippen molar-refractivity contribution < 1.29 is 13.5 Å². The molecule has 114 valence electrons. The predicted molar refractivity (Wildman–Crippen MR) is 84.4 cm³/mol. The van der Waals surface area contributed by atoms with Crippen molar-refractivity contribution in [3.05, 3.63) is 27.7 Å². The lowest BCUT2D eigenvalue weighted by Crippen LogP contribution is -2.36. The zero-order valence-corrected chi connectivity index (χ0v) is 14.6. The summed E-state index contributed by atoms with van der Waals surface area (Å²) in [5.74, 6) is 0.0923.